The van der Waals surface area contributed by atoms with E-state index in [0.29, 0.717) is 29.6 Å². The van der Waals surface area contributed by atoms with Crippen molar-refractivity contribution in [3.63, 3.8) is 0 Å². The lowest BCUT2D eigenvalue weighted by Gasteiger charge is -2.22. The Bertz CT molecular complexity index is 673. The van der Waals surface area contributed by atoms with E-state index in [4.69, 9.17) is 13.9 Å². The minimum atomic E-state index is -1.04. The highest BCUT2D eigenvalue weighted by Crippen LogP contribution is 2.22. The number of aromatic nitrogens is 1. The number of hydrogen-bond acceptors (Lipinski definition) is 5. The Hall–Kier alpha value is -2.57. The van der Waals surface area contributed by atoms with Gasteiger partial charge in [-0.3, -0.25) is 9.59 Å². The predicted molar refractivity (Wildman–Crippen MR) is 81.7 cm³/mol. The molecule has 0 fully saturated rings. The second kappa shape index (κ2) is 7.13. The average molecular weight is 320 g/mol. The summed E-state index contributed by atoms with van der Waals surface area (Å²) in [5.74, 6) is 0.163. The van der Waals surface area contributed by atoms with E-state index in [1.165, 1.54) is 11.2 Å². The summed E-state index contributed by atoms with van der Waals surface area (Å²) >= 11 is 0. The smallest absolute Gasteiger partial charge is 0.323 e. The minimum Gasteiger partial charge on any atom is -0.480 e. The molecule has 0 unspecified atom stereocenters. The summed E-state index contributed by atoms with van der Waals surface area (Å²) in [4.78, 5) is 28.9. The summed E-state index contributed by atoms with van der Waals surface area (Å²) in [6, 6.07) is 3.43. The van der Waals surface area contributed by atoms with Crippen molar-refractivity contribution in [3.8, 4) is 11.7 Å². The van der Waals surface area contributed by atoms with Crippen LogP contribution in [0.2, 0.25) is 0 Å². The van der Waals surface area contributed by atoms with Gasteiger partial charge in [0.15, 0.2) is 5.76 Å². The molecule has 1 N–H and O–H groups in total. The highest BCUT2D eigenvalue weighted by atomic mass is 16.4. The molecular formula is C16H20N2O5. The highest BCUT2D eigenvalue weighted by molar-refractivity contribution is 5.83. The lowest BCUT2D eigenvalue weighted by atomic mass is 10.2. The lowest BCUT2D eigenvalue weighted by molar-refractivity contribution is -0.144. The average Bonchev–Trinajstić information content (AvgIpc) is 3.07. The maximum absolute atomic E-state index is 12.4. The number of furan rings is 1. The van der Waals surface area contributed by atoms with Gasteiger partial charge < -0.3 is 18.8 Å². The van der Waals surface area contributed by atoms with Crippen LogP contribution in [0.3, 0.4) is 0 Å². The number of aryl methyl sites for hydroxylation is 1. The molecule has 0 aromatic carbocycles. The molecule has 0 spiro atoms. The van der Waals surface area contributed by atoms with E-state index in [-0.39, 0.29) is 24.8 Å². The third-order valence-electron chi connectivity index (χ3n) is 3.21. The van der Waals surface area contributed by atoms with Crippen LogP contribution in [0.25, 0.3) is 11.7 Å². The highest BCUT2D eigenvalue weighted by Gasteiger charge is 2.22. The third-order valence-corrected chi connectivity index (χ3v) is 3.21. The molecule has 2 heterocycles. The summed E-state index contributed by atoms with van der Waals surface area (Å²) in [5.41, 5.74) is 0.487. The van der Waals surface area contributed by atoms with Crippen LogP contribution in [0.5, 0.6) is 0 Å². The number of aliphatic carboxylic acids is 1. The standard InChI is InChI=1S/C16H20N2O5/c1-10(2)8-18(9-15(20)21)14(19)7-12-11(3)23-16(17-12)13-5-4-6-22-13/h4-6,10H,7-9H2,1-3H3,(H,20,21). The van der Waals surface area contributed by atoms with Crippen molar-refractivity contribution in [2.45, 2.75) is 27.2 Å². The predicted octanol–water partition coefficient (Wildman–Crippen LogP) is 2.35. The van der Waals surface area contributed by atoms with Gasteiger partial charge in [-0.15, -0.1) is 0 Å². The van der Waals surface area contributed by atoms with Gasteiger partial charge in [0.05, 0.1) is 18.4 Å². The van der Waals surface area contributed by atoms with Crippen LogP contribution in [0.15, 0.2) is 27.2 Å². The molecule has 0 atom stereocenters. The Morgan fingerprint density at radius 1 is 1.39 bits per heavy atom. The fourth-order valence-electron chi connectivity index (χ4n) is 2.21. The Balaban J connectivity index is 2.13. The van der Waals surface area contributed by atoms with Gasteiger partial charge in [-0.05, 0) is 25.0 Å². The molecule has 0 aliphatic rings. The number of carboxylic acid groups (broad SMARTS) is 1. The van der Waals surface area contributed by atoms with E-state index in [1.807, 2.05) is 13.8 Å². The van der Waals surface area contributed by atoms with Gasteiger partial charge >= 0.3 is 5.97 Å². The number of carboxylic acids is 1. The zero-order valence-electron chi connectivity index (χ0n) is 13.4. The lowest BCUT2D eigenvalue weighted by Crippen LogP contribution is -2.39. The summed E-state index contributed by atoms with van der Waals surface area (Å²) in [5, 5.41) is 8.96. The molecule has 7 nitrogen and oxygen atoms in total. The second-order valence-corrected chi connectivity index (χ2v) is 5.74. The maximum atomic E-state index is 12.4. The van der Waals surface area contributed by atoms with Crippen molar-refractivity contribution in [1.82, 2.24) is 9.88 Å². The number of rotatable bonds is 7. The molecule has 0 aliphatic carbocycles. The number of amides is 1. The van der Waals surface area contributed by atoms with Crippen LogP contribution in [0, 0.1) is 12.8 Å². The van der Waals surface area contributed by atoms with E-state index in [0.717, 1.165) is 0 Å². The zero-order valence-corrected chi connectivity index (χ0v) is 13.4. The monoisotopic (exact) mass is 320 g/mol. The fourth-order valence-corrected chi connectivity index (χ4v) is 2.21. The number of carbonyl (C=O) groups is 2. The molecule has 124 valence electrons. The molecule has 0 radical (unpaired) electrons. The van der Waals surface area contributed by atoms with Crippen LogP contribution in [0.4, 0.5) is 0 Å². The Morgan fingerprint density at radius 2 is 2.13 bits per heavy atom. The van der Waals surface area contributed by atoms with Gasteiger partial charge in [-0.1, -0.05) is 13.8 Å². The summed E-state index contributed by atoms with van der Waals surface area (Å²) in [6.07, 6.45) is 1.51. The van der Waals surface area contributed by atoms with Crippen molar-refractivity contribution in [2.75, 3.05) is 13.1 Å². The van der Waals surface area contributed by atoms with Gasteiger partial charge in [0.2, 0.25) is 5.91 Å². The Labute approximate surface area is 133 Å². The zero-order chi connectivity index (χ0) is 17.0. The van der Waals surface area contributed by atoms with Crippen LogP contribution < -0.4 is 0 Å². The van der Waals surface area contributed by atoms with Gasteiger partial charge in [0.25, 0.3) is 5.89 Å². The molecule has 1 amide bonds. The molecule has 2 aromatic heterocycles. The molecule has 2 aromatic rings. The van der Waals surface area contributed by atoms with Crippen molar-refractivity contribution in [1.29, 1.82) is 0 Å². The molecule has 0 saturated heterocycles. The largest absolute Gasteiger partial charge is 0.480 e. The molecule has 0 saturated carbocycles. The molecule has 2 rings (SSSR count). The first-order valence-electron chi connectivity index (χ1n) is 7.36. The number of nitrogens with zero attached hydrogens (tertiary/aromatic N) is 2. The molecule has 0 aliphatic heterocycles. The van der Waals surface area contributed by atoms with Gasteiger partial charge in [0.1, 0.15) is 12.3 Å². The van der Waals surface area contributed by atoms with E-state index < -0.39 is 5.97 Å². The van der Waals surface area contributed by atoms with Crippen molar-refractivity contribution >= 4 is 11.9 Å². The van der Waals surface area contributed by atoms with Crippen molar-refractivity contribution in [2.24, 2.45) is 5.92 Å². The molecule has 0 bridgehead atoms. The van der Waals surface area contributed by atoms with Crippen LogP contribution in [0.1, 0.15) is 25.3 Å². The van der Waals surface area contributed by atoms with Crippen LogP contribution in [-0.4, -0.2) is 40.0 Å². The quantitative estimate of drug-likeness (QED) is 0.841. The second-order valence-electron chi connectivity index (χ2n) is 5.74. The fraction of sp³-hybridized carbons (Fsp3) is 0.438. The summed E-state index contributed by atoms with van der Waals surface area (Å²) in [6.45, 7) is 5.63. The number of carbonyl (C=O) groups excluding carboxylic acids is 1. The topological polar surface area (TPSA) is 96.8 Å². The summed E-state index contributed by atoms with van der Waals surface area (Å²) in [7, 11) is 0. The first kappa shape index (κ1) is 16.8. The van der Waals surface area contributed by atoms with Crippen LogP contribution >= 0.6 is 0 Å². The molecule has 23 heavy (non-hydrogen) atoms. The molecule has 7 heteroatoms. The number of oxazole rings is 1. The van der Waals surface area contributed by atoms with Gasteiger partial charge in [-0.25, -0.2) is 4.98 Å². The van der Waals surface area contributed by atoms with Crippen molar-refractivity contribution < 1.29 is 23.5 Å². The Kier molecular flexibility index (Phi) is 5.20. The van der Waals surface area contributed by atoms with Gasteiger partial charge in [-0.2, -0.15) is 0 Å². The summed E-state index contributed by atoms with van der Waals surface area (Å²) < 4.78 is 10.7. The van der Waals surface area contributed by atoms with E-state index in [2.05, 4.69) is 4.98 Å². The normalized spacial score (nSPS) is 11.0. The third kappa shape index (κ3) is 4.45. The van der Waals surface area contributed by atoms with E-state index >= 15 is 0 Å². The molecular weight excluding hydrogens is 300 g/mol. The maximum Gasteiger partial charge on any atom is 0.323 e. The first-order valence-corrected chi connectivity index (χ1v) is 7.36. The van der Waals surface area contributed by atoms with Crippen LogP contribution in [-0.2, 0) is 16.0 Å². The number of hydrogen-bond donors (Lipinski definition) is 1. The van der Waals surface area contributed by atoms with E-state index in [1.54, 1.807) is 19.1 Å². The first-order chi connectivity index (χ1) is 10.9. The SMILES string of the molecule is Cc1oc(-c2ccco2)nc1CC(=O)N(CC(=O)O)CC(C)C. The Morgan fingerprint density at radius 3 is 2.70 bits per heavy atom. The minimum absolute atomic E-state index is 0.00393. The van der Waals surface area contributed by atoms with E-state index in [9.17, 15) is 9.59 Å². The van der Waals surface area contributed by atoms with Crippen molar-refractivity contribution in [3.05, 3.63) is 29.9 Å². The van der Waals surface area contributed by atoms with Gasteiger partial charge in [0, 0.05) is 6.54 Å².